The fraction of sp³-hybridized carbons (Fsp3) is 0.786. The first-order valence-corrected chi connectivity index (χ1v) is 16.1. The van der Waals surface area contributed by atoms with Crippen LogP contribution in [0.1, 0.15) is 69.3 Å². The number of sulfonamides is 1. The van der Waals surface area contributed by atoms with Gasteiger partial charge in [-0.25, -0.2) is 18.2 Å². The largest absolute Gasteiger partial charge is 0.492 e. The maximum absolute atomic E-state index is 11.7. The predicted molar refractivity (Wildman–Crippen MR) is 140 cm³/mol. The Morgan fingerprint density at radius 2 is 1.68 bits per heavy atom. The van der Waals surface area contributed by atoms with Gasteiger partial charge >= 0.3 is 0 Å². The normalized spacial score (nSPS) is 37.3. The van der Waals surface area contributed by atoms with Crippen molar-refractivity contribution in [1.29, 1.82) is 0 Å². The zero-order chi connectivity index (χ0) is 25.5. The van der Waals surface area contributed by atoms with E-state index in [1.807, 2.05) is 0 Å². The van der Waals surface area contributed by atoms with Gasteiger partial charge in [0, 0.05) is 45.6 Å². The molecule has 6 aliphatic rings. The summed E-state index contributed by atoms with van der Waals surface area (Å²) in [5.74, 6) is 2.09. The lowest BCUT2D eigenvalue weighted by Crippen LogP contribution is -2.49. The monoisotopic (exact) mass is 534 g/mol. The summed E-state index contributed by atoms with van der Waals surface area (Å²) in [5.41, 5.74) is 1.31. The zero-order valence-corrected chi connectivity index (χ0v) is 22.9. The fourth-order valence-electron chi connectivity index (χ4n) is 7.46. The third-order valence-electron chi connectivity index (χ3n) is 9.26. The van der Waals surface area contributed by atoms with E-state index in [9.17, 15) is 8.42 Å². The Labute approximate surface area is 221 Å². The molecule has 37 heavy (non-hydrogen) atoms. The van der Waals surface area contributed by atoms with Crippen LogP contribution in [0.2, 0.25) is 0 Å². The van der Waals surface area contributed by atoms with Gasteiger partial charge < -0.3 is 9.47 Å². The Morgan fingerprint density at radius 3 is 2.38 bits per heavy atom. The van der Waals surface area contributed by atoms with Crippen LogP contribution in [0.3, 0.4) is 0 Å². The van der Waals surface area contributed by atoms with E-state index in [2.05, 4.69) is 29.2 Å². The number of nitrogens with zero attached hydrogens (tertiary/aromatic N) is 2. The summed E-state index contributed by atoms with van der Waals surface area (Å²) in [6, 6.07) is 8.52. The summed E-state index contributed by atoms with van der Waals surface area (Å²) in [4.78, 5) is 14.5. The van der Waals surface area contributed by atoms with Crippen molar-refractivity contribution in [2.75, 3.05) is 45.6 Å². The highest BCUT2D eigenvalue weighted by atomic mass is 32.2. The number of fused-ring (bicyclic) bond motifs is 1. The maximum Gasteiger partial charge on any atom is 0.211 e. The minimum absolute atomic E-state index is 0.226. The van der Waals surface area contributed by atoms with E-state index >= 15 is 0 Å². The maximum atomic E-state index is 11.7. The Kier molecular flexibility index (Phi) is 7.55. The van der Waals surface area contributed by atoms with Crippen LogP contribution in [-0.2, 0) is 24.5 Å². The highest BCUT2D eigenvalue weighted by molar-refractivity contribution is 7.88. The van der Waals surface area contributed by atoms with Crippen LogP contribution in [0.5, 0.6) is 5.75 Å². The third kappa shape index (κ3) is 6.17. The van der Waals surface area contributed by atoms with Crippen molar-refractivity contribution in [1.82, 2.24) is 9.21 Å². The Balaban J connectivity index is 1.02. The molecule has 7 rings (SSSR count). The van der Waals surface area contributed by atoms with E-state index in [4.69, 9.17) is 19.2 Å². The SMILES string of the molecule is CS(=O)(=O)N1CCN(CCOc2ccc(C3CCC[C@]4(C3)OOC3CC5CC(C3)CC(C5)O4)cc2)CC1. The molecule has 0 amide bonds. The topological polar surface area (TPSA) is 77.5 Å². The Bertz CT molecular complexity index is 1010. The molecular formula is C28H42N2O6S. The van der Waals surface area contributed by atoms with E-state index in [0.717, 1.165) is 88.6 Å². The average Bonchev–Trinajstić information content (AvgIpc) is 2.94. The predicted octanol–water partition coefficient (Wildman–Crippen LogP) is 3.92. The first kappa shape index (κ1) is 26.0. The number of ether oxygens (including phenoxy) is 2. The van der Waals surface area contributed by atoms with Gasteiger partial charge in [0.2, 0.25) is 15.8 Å². The molecular weight excluding hydrogens is 492 g/mol. The van der Waals surface area contributed by atoms with E-state index < -0.39 is 15.8 Å². The second-order valence-corrected chi connectivity index (χ2v) is 14.1. The molecule has 3 saturated heterocycles. The Morgan fingerprint density at radius 1 is 0.973 bits per heavy atom. The van der Waals surface area contributed by atoms with Crippen molar-refractivity contribution in [3.63, 3.8) is 0 Å². The Hall–Kier alpha value is -1.23. The summed E-state index contributed by atoms with van der Waals surface area (Å²) in [6.07, 6.45) is 11.6. The van der Waals surface area contributed by atoms with Gasteiger partial charge in [-0.15, -0.1) is 0 Å². The molecule has 8 nitrogen and oxygen atoms in total. The van der Waals surface area contributed by atoms with Crippen LogP contribution in [0, 0.1) is 11.8 Å². The molecule has 9 heteroatoms. The first-order valence-electron chi connectivity index (χ1n) is 14.3. The van der Waals surface area contributed by atoms with Gasteiger partial charge in [0.05, 0.1) is 18.5 Å². The van der Waals surface area contributed by atoms with E-state index in [1.165, 1.54) is 18.2 Å². The van der Waals surface area contributed by atoms with Crippen molar-refractivity contribution in [3.05, 3.63) is 29.8 Å². The highest BCUT2D eigenvalue weighted by Crippen LogP contribution is 2.49. The highest BCUT2D eigenvalue weighted by Gasteiger charge is 2.48. The van der Waals surface area contributed by atoms with Crippen molar-refractivity contribution in [2.45, 2.75) is 81.7 Å². The van der Waals surface area contributed by atoms with Crippen molar-refractivity contribution >= 4 is 10.0 Å². The molecule has 3 unspecified atom stereocenters. The molecule has 6 fully saturated rings. The zero-order valence-electron chi connectivity index (χ0n) is 22.1. The molecule has 1 spiro atoms. The molecule has 0 aromatic heterocycles. The second-order valence-electron chi connectivity index (χ2n) is 12.1. The van der Waals surface area contributed by atoms with Gasteiger partial charge in [-0.2, -0.15) is 4.31 Å². The standard InChI is InChI=1S/C28H42N2O6S/c1-37(31,32)30-11-9-29(10-12-30)13-14-33-25-6-4-23(5-7-25)24-3-2-8-28(20-24)34-26-16-21-15-22(17-26)19-27(18-21)35-36-28/h4-7,21-22,24,26-27H,2-3,8-20H2,1H3/t21?,22?,24?,26?,27?,28-/m1/s1. The summed E-state index contributed by atoms with van der Waals surface area (Å²) < 4.78 is 37.7. The molecule has 4 bridgehead atoms. The number of benzene rings is 1. The van der Waals surface area contributed by atoms with Gasteiger partial charge in [0.15, 0.2) is 0 Å². The lowest BCUT2D eigenvalue weighted by atomic mass is 9.70. The van der Waals surface area contributed by atoms with Crippen LogP contribution < -0.4 is 4.74 Å². The quantitative estimate of drug-likeness (QED) is 0.512. The average molecular weight is 535 g/mol. The molecule has 3 aliphatic heterocycles. The molecule has 1 aromatic carbocycles. The molecule has 4 atom stereocenters. The van der Waals surface area contributed by atoms with Gasteiger partial charge in [-0.1, -0.05) is 12.1 Å². The summed E-state index contributed by atoms with van der Waals surface area (Å²) in [6.45, 7) is 3.98. The van der Waals surface area contributed by atoms with Gasteiger partial charge in [-0.3, -0.25) is 4.90 Å². The van der Waals surface area contributed by atoms with Gasteiger partial charge in [-0.05, 0) is 80.4 Å². The van der Waals surface area contributed by atoms with E-state index in [-0.39, 0.29) is 6.10 Å². The molecule has 1 aromatic rings. The number of rotatable bonds is 6. The van der Waals surface area contributed by atoms with Gasteiger partial charge in [0.25, 0.3) is 0 Å². The van der Waals surface area contributed by atoms with Gasteiger partial charge in [0.1, 0.15) is 12.4 Å². The van der Waals surface area contributed by atoms with Crippen molar-refractivity contribution < 1.29 is 27.7 Å². The molecule has 0 N–H and O–H groups in total. The van der Waals surface area contributed by atoms with Crippen molar-refractivity contribution in [3.8, 4) is 5.75 Å². The summed E-state index contributed by atoms with van der Waals surface area (Å²) in [7, 11) is -3.09. The fourth-order valence-corrected chi connectivity index (χ4v) is 8.29. The molecule has 3 saturated carbocycles. The second kappa shape index (κ2) is 10.7. The lowest BCUT2D eigenvalue weighted by Gasteiger charge is -2.43. The summed E-state index contributed by atoms with van der Waals surface area (Å²) in [5, 5.41) is 0. The summed E-state index contributed by atoms with van der Waals surface area (Å²) >= 11 is 0. The van der Waals surface area contributed by atoms with Crippen LogP contribution in [-0.4, -0.2) is 81.2 Å². The number of hydrogen-bond acceptors (Lipinski definition) is 7. The van der Waals surface area contributed by atoms with E-state index in [0.29, 0.717) is 31.7 Å². The van der Waals surface area contributed by atoms with Crippen LogP contribution in [0.25, 0.3) is 0 Å². The lowest BCUT2D eigenvalue weighted by molar-refractivity contribution is -0.454. The molecule has 0 radical (unpaired) electrons. The molecule has 206 valence electrons. The molecule has 3 heterocycles. The number of hydrogen-bond donors (Lipinski definition) is 0. The third-order valence-corrected chi connectivity index (χ3v) is 10.6. The first-order chi connectivity index (χ1) is 17.8. The van der Waals surface area contributed by atoms with E-state index in [1.54, 1.807) is 4.31 Å². The van der Waals surface area contributed by atoms with Crippen LogP contribution in [0.15, 0.2) is 24.3 Å². The van der Waals surface area contributed by atoms with Crippen molar-refractivity contribution in [2.24, 2.45) is 11.8 Å². The van der Waals surface area contributed by atoms with Crippen LogP contribution >= 0.6 is 0 Å². The minimum Gasteiger partial charge on any atom is -0.492 e. The molecule has 3 aliphatic carbocycles. The minimum atomic E-state index is -3.09. The number of piperazine rings is 1. The van der Waals surface area contributed by atoms with Crippen LogP contribution in [0.4, 0.5) is 0 Å². The smallest absolute Gasteiger partial charge is 0.211 e.